The zero-order valence-electron chi connectivity index (χ0n) is 12.3. The molecule has 0 spiro atoms. The van der Waals surface area contributed by atoms with Crippen LogP contribution in [0, 0.1) is 5.82 Å². The van der Waals surface area contributed by atoms with Gasteiger partial charge in [0.15, 0.2) is 0 Å². The predicted octanol–water partition coefficient (Wildman–Crippen LogP) is 5.37. The number of nitrogens with one attached hydrogen (secondary N) is 1. The van der Waals surface area contributed by atoms with Crippen molar-refractivity contribution >= 4 is 23.2 Å². The van der Waals surface area contributed by atoms with Crippen molar-refractivity contribution in [2.24, 2.45) is 0 Å². The van der Waals surface area contributed by atoms with Gasteiger partial charge < -0.3 is 5.32 Å². The fourth-order valence-electron chi connectivity index (χ4n) is 2.69. The van der Waals surface area contributed by atoms with E-state index in [9.17, 15) is 4.39 Å². The van der Waals surface area contributed by atoms with Gasteiger partial charge >= 0.3 is 0 Å². The molecule has 0 amide bonds. The first-order chi connectivity index (χ1) is 9.87. The van der Waals surface area contributed by atoms with Gasteiger partial charge in [0.05, 0.1) is 10.0 Å². The number of rotatable bonds is 4. The van der Waals surface area contributed by atoms with E-state index in [0.717, 1.165) is 11.1 Å². The van der Waals surface area contributed by atoms with E-state index in [0.29, 0.717) is 10.0 Å². The molecule has 2 rings (SSSR count). The van der Waals surface area contributed by atoms with E-state index in [-0.39, 0.29) is 17.3 Å². The fourth-order valence-corrected chi connectivity index (χ4v) is 3.11. The van der Waals surface area contributed by atoms with Crippen LogP contribution in [-0.4, -0.2) is 7.05 Å². The van der Waals surface area contributed by atoms with Gasteiger partial charge in [0.2, 0.25) is 0 Å². The molecule has 1 unspecified atom stereocenters. The second-order valence-corrected chi connectivity index (χ2v) is 6.38. The van der Waals surface area contributed by atoms with Crippen molar-refractivity contribution < 1.29 is 4.39 Å². The van der Waals surface area contributed by atoms with Gasteiger partial charge in [-0.2, -0.15) is 0 Å². The Morgan fingerprint density at radius 3 is 2.24 bits per heavy atom. The van der Waals surface area contributed by atoms with Crippen molar-refractivity contribution in [3.63, 3.8) is 0 Å². The van der Waals surface area contributed by atoms with Gasteiger partial charge in [-0.15, -0.1) is 0 Å². The Labute approximate surface area is 135 Å². The lowest BCUT2D eigenvalue weighted by Crippen LogP contribution is -2.35. The van der Waals surface area contributed by atoms with E-state index < -0.39 is 0 Å². The lowest BCUT2D eigenvalue weighted by atomic mass is 9.75. The summed E-state index contributed by atoms with van der Waals surface area (Å²) < 4.78 is 13.1. The second kappa shape index (κ2) is 6.35. The summed E-state index contributed by atoms with van der Waals surface area (Å²) in [4.78, 5) is 0. The van der Waals surface area contributed by atoms with Crippen molar-refractivity contribution in [2.45, 2.75) is 25.3 Å². The maximum absolute atomic E-state index is 13.1. The summed E-state index contributed by atoms with van der Waals surface area (Å²) in [5, 5.41) is 4.38. The summed E-state index contributed by atoms with van der Waals surface area (Å²) >= 11 is 12.5. The number of hydrogen-bond donors (Lipinski definition) is 1. The Kier molecular flexibility index (Phi) is 4.92. The zero-order valence-corrected chi connectivity index (χ0v) is 13.8. The largest absolute Gasteiger partial charge is 0.312 e. The molecule has 0 radical (unpaired) electrons. The summed E-state index contributed by atoms with van der Waals surface area (Å²) in [6.07, 6.45) is 0. The van der Waals surface area contributed by atoms with Crippen molar-refractivity contribution in [1.82, 2.24) is 5.32 Å². The van der Waals surface area contributed by atoms with E-state index >= 15 is 0 Å². The molecule has 0 aliphatic rings. The summed E-state index contributed by atoms with van der Waals surface area (Å²) in [6.45, 7) is 4.19. The Balaban J connectivity index is 2.48. The summed E-state index contributed by atoms with van der Waals surface area (Å²) in [5.41, 5.74) is 1.68. The van der Waals surface area contributed by atoms with Crippen LogP contribution in [0.1, 0.15) is 31.0 Å². The van der Waals surface area contributed by atoms with Crippen molar-refractivity contribution in [3.8, 4) is 0 Å². The third-order valence-corrected chi connectivity index (χ3v) is 4.72. The molecule has 0 heterocycles. The molecule has 1 atom stereocenters. The Morgan fingerprint density at radius 2 is 1.67 bits per heavy atom. The molecule has 112 valence electrons. The quantitative estimate of drug-likeness (QED) is 0.796. The standard InChI is InChI=1S/C17H18Cl2FN/c1-17(2,11-7-9-12(20)10-8-11)16(21-3)13-5-4-6-14(18)15(13)19/h4-10,16,21H,1-3H3. The molecule has 0 fully saturated rings. The minimum absolute atomic E-state index is 0.0471. The Morgan fingerprint density at radius 1 is 1.05 bits per heavy atom. The molecule has 0 saturated carbocycles. The van der Waals surface area contributed by atoms with E-state index in [4.69, 9.17) is 23.2 Å². The van der Waals surface area contributed by atoms with Gasteiger partial charge in [-0.3, -0.25) is 0 Å². The average Bonchev–Trinajstić information content (AvgIpc) is 2.44. The molecular formula is C17H18Cl2FN. The third kappa shape index (κ3) is 3.23. The number of benzene rings is 2. The molecule has 21 heavy (non-hydrogen) atoms. The van der Waals surface area contributed by atoms with Gasteiger partial charge in [-0.05, 0) is 36.4 Å². The molecule has 0 aromatic heterocycles. The highest BCUT2D eigenvalue weighted by Gasteiger charge is 2.33. The van der Waals surface area contributed by atoms with Crippen LogP contribution < -0.4 is 5.32 Å². The Bertz CT molecular complexity index is 623. The van der Waals surface area contributed by atoms with E-state index in [1.54, 1.807) is 18.2 Å². The number of hydrogen-bond acceptors (Lipinski definition) is 1. The van der Waals surface area contributed by atoms with Crippen LogP contribution in [0.25, 0.3) is 0 Å². The van der Waals surface area contributed by atoms with Crippen LogP contribution >= 0.6 is 23.2 Å². The topological polar surface area (TPSA) is 12.0 Å². The molecule has 0 aliphatic carbocycles. The molecule has 2 aromatic carbocycles. The van der Waals surface area contributed by atoms with Crippen LogP contribution in [-0.2, 0) is 5.41 Å². The van der Waals surface area contributed by atoms with E-state index in [1.807, 2.05) is 19.2 Å². The predicted molar refractivity (Wildman–Crippen MR) is 87.7 cm³/mol. The molecule has 1 N–H and O–H groups in total. The first-order valence-corrected chi connectivity index (χ1v) is 7.50. The maximum Gasteiger partial charge on any atom is 0.123 e. The molecule has 1 nitrogen and oxygen atoms in total. The van der Waals surface area contributed by atoms with Crippen molar-refractivity contribution in [3.05, 3.63) is 69.5 Å². The smallest absolute Gasteiger partial charge is 0.123 e. The fraction of sp³-hybridized carbons (Fsp3) is 0.294. The molecule has 0 bridgehead atoms. The molecule has 2 aromatic rings. The summed E-state index contributed by atoms with van der Waals surface area (Å²) in [5.74, 6) is -0.239. The molecular weight excluding hydrogens is 308 g/mol. The van der Waals surface area contributed by atoms with Gasteiger partial charge in [0, 0.05) is 11.5 Å². The van der Waals surface area contributed by atoms with Crippen LogP contribution in [0.5, 0.6) is 0 Å². The zero-order chi connectivity index (χ0) is 15.6. The maximum atomic E-state index is 13.1. The number of halogens is 3. The SMILES string of the molecule is CNC(c1cccc(Cl)c1Cl)C(C)(C)c1ccc(F)cc1. The normalized spacial score (nSPS) is 13.2. The van der Waals surface area contributed by atoms with Gasteiger partial charge in [-0.25, -0.2) is 4.39 Å². The minimum Gasteiger partial charge on any atom is -0.312 e. The first kappa shape index (κ1) is 16.3. The average molecular weight is 326 g/mol. The van der Waals surface area contributed by atoms with Crippen molar-refractivity contribution in [1.29, 1.82) is 0 Å². The lowest BCUT2D eigenvalue weighted by molar-refractivity contribution is 0.368. The molecule has 4 heteroatoms. The second-order valence-electron chi connectivity index (χ2n) is 5.59. The van der Waals surface area contributed by atoms with Crippen LogP contribution in [0.4, 0.5) is 4.39 Å². The van der Waals surface area contributed by atoms with Gasteiger partial charge in [0.25, 0.3) is 0 Å². The van der Waals surface area contributed by atoms with Crippen molar-refractivity contribution in [2.75, 3.05) is 7.05 Å². The van der Waals surface area contributed by atoms with Gasteiger partial charge in [-0.1, -0.05) is 61.3 Å². The lowest BCUT2D eigenvalue weighted by Gasteiger charge is -2.36. The molecule has 0 saturated heterocycles. The summed E-state index contributed by atoms with van der Waals surface area (Å²) in [7, 11) is 1.88. The van der Waals surface area contributed by atoms with Crippen LogP contribution in [0.3, 0.4) is 0 Å². The monoisotopic (exact) mass is 325 g/mol. The first-order valence-electron chi connectivity index (χ1n) is 6.75. The molecule has 0 aliphatic heterocycles. The minimum atomic E-state index is -0.281. The van der Waals surface area contributed by atoms with E-state index in [2.05, 4.69) is 19.2 Å². The van der Waals surface area contributed by atoms with E-state index in [1.165, 1.54) is 12.1 Å². The Hall–Kier alpha value is -1.09. The van der Waals surface area contributed by atoms with Crippen LogP contribution in [0.2, 0.25) is 10.0 Å². The summed E-state index contributed by atoms with van der Waals surface area (Å²) in [6, 6.07) is 12.1. The highest BCUT2D eigenvalue weighted by Crippen LogP contribution is 2.41. The highest BCUT2D eigenvalue weighted by atomic mass is 35.5. The highest BCUT2D eigenvalue weighted by molar-refractivity contribution is 6.42. The van der Waals surface area contributed by atoms with Crippen LogP contribution in [0.15, 0.2) is 42.5 Å². The number of likely N-dealkylation sites (N-methyl/N-ethyl adjacent to an activating group) is 1. The third-order valence-electron chi connectivity index (χ3n) is 3.89. The van der Waals surface area contributed by atoms with Gasteiger partial charge in [0.1, 0.15) is 5.82 Å².